The molecule has 3 heterocycles. The normalized spacial score (nSPS) is 16.0. The van der Waals surface area contributed by atoms with Gasteiger partial charge in [0.15, 0.2) is 0 Å². The Hall–Kier alpha value is -2.43. The second-order valence-electron chi connectivity index (χ2n) is 6.40. The fraction of sp³-hybridized carbons (Fsp3) is 0.211. The van der Waals surface area contributed by atoms with Crippen LogP contribution in [0.3, 0.4) is 0 Å². The van der Waals surface area contributed by atoms with Gasteiger partial charge in [-0.2, -0.15) is 17.5 Å². The quantitative estimate of drug-likeness (QED) is 0.579. The maximum atomic E-state index is 12.9. The van der Waals surface area contributed by atoms with Crippen molar-refractivity contribution in [2.24, 2.45) is 0 Å². The summed E-state index contributed by atoms with van der Waals surface area (Å²) in [6.07, 6.45) is -2.17. The highest BCUT2D eigenvalue weighted by molar-refractivity contribution is 7.91. The van der Waals surface area contributed by atoms with Crippen LogP contribution >= 0.6 is 11.3 Å². The summed E-state index contributed by atoms with van der Waals surface area (Å²) < 4.78 is 69.6. The van der Waals surface area contributed by atoms with Crippen molar-refractivity contribution in [2.75, 3.05) is 13.1 Å². The van der Waals surface area contributed by atoms with E-state index in [0.717, 1.165) is 28.5 Å². The minimum absolute atomic E-state index is 0.0475. The van der Waals surface area contributed by atoms with Crippen molar-refractivity contribution < 1.29 is 26.1 Å². The smallest absolute Gasteiger partial charge is 0.351 e. The number of sulfonamides is 1. The molecule has 0 unspecified atom stereocenters. The van der Waals surface area contributed by atoms with Gasteiger partial charge in [-0.25, -0.2) is 8.42 Å². The Morgan fingerprint density at radius 2 is 1.86 bits per heavy atom. The average molecular weight is 440 g/mol. The van der Waals surface area contributed by atoms with Gasteiger partial charge in [-0.3, -0.25) is 0 Å². The van der Waals surface area contributed by atoms with Gasteiger partial charge in [0, 0.05) is 19.2 Å². The van der Waals surface area contributed by atoms with Crippen LogP contribution in [0.5, 0.6) is 0 Å². The van der Waals surface area contributed by atoms with Crippen LogP contribution < -0.4 is 0 Å². The summed E-state index contributed by atoms with van der Waals surface area (Å²) in [6, 6.07) is 13.3. The van der Waals surface area contributed by atoms with Crippen molar-refractivity contribution in [3.8, 4) is 10.6 Å². The standard InChI is InChI=1S/C19H15F3N2O3S2/c20-19(21,22)17-12-15(23-27-17)16-6-7-18(28-16)29(25,26)24-10-8-14(9-11-24)13-4-2-1-3-5-13/h1-8,12H,9-11H2. The lowest BCUT2D eigenvalue weighted by Gasteiger charge is -2.25. The maximum Gasteiger partial charge on any atom is 0.452 e. The first-order valence-corrected chi connectivity index (χ1v) is 10.9. The van der Waals surface area contributed by atoms with Gasteiger partial charge in [-0.15, -0.1) is 11.3 Å². The van der Waals surface area contributed by atoms with Gasteiger partial charge >= 0.3 is 6.18 Å². The number of nitrogens with zero attached hydrogens (tertiary/aromatic N) is 2. The Balaban J connectivity index is 1.53. The molecule has 1 aromatic carbocycles. The molecule has 0 aliphatic carbocycles. The highest BCUT2D eigenvalue weighted by Crippen LogP contribution is 2.36. The zero-order valence-corrected chi connectivity index (χ0v) is 16.5. The van der Waals surface area contributed by atoms with E-state index < -0.39 is 22.0 Å². The van der Waals surface area contributed by atoms with Gasteiger partial charge in [0.2, 0.25) is 5.76 Å². The van der Waals surface area contributed by atoms with Gasteiger partial charge in [0.25, 0.3) is 10.0 Å². The number of aromatic nitrogens is 1. The number of halogens is 3. The minimum Gasteiger partial charge on any atom is -0.351 e. The highest BCUT2D eigenvalue weighted by Gasteiger charge is 2.36. The van der Waals surface area contributed by atoms with Crippen LogP contribution in [0.4, 0.5) is 13.2 Å². The Kier molecular flexibility index (Phi) is 5.09. The van der Waals surface area contributed by atoms with Crippen molar-refractivity contribution in [3.63, 3.8) is 0 Å². The second kappa shape index (κ2) is 7.43. The molecule has 3 aromatic rings. The van der Waals surface area contributed by atoms with Gasteiger partial charge in [0.05, 0.1) is 4.88 Å². The first kappa shape index (κ1) is 19.9. The van der Waals surface area contributed by atoms with Crippen molar-refractivity contribution >= 4 is 26.9 Å². The van der Waals surface area contributed by atoms with E-state index in [1.54, 1.807) is 0 Å². The lowest BCUT2D eigenvalue weighted by atomic mass is 10.0. The number of alkyl halides is 3. The van der Waals surface area contributed by atoms with Gasteiger partial charge in [0.1, 0.15) is 9.90 Å². The molecular formula is C19H15F3N2O3S2. The molecule has 0 amide bonds. The topological polar surface area (TPSA) is 63.4 Å². The van der Waals surface area contributed by atoms with Crippen LogP contribution in [0, 0.1) is 0 Å². The molecule has 5 nitrogen and oxygen atoms in total. The van der Waals surface area contributed by atoms with Crippen LogP contribution in [-0.4, -0.2) is 31.0 Å². The van der Waals surface area contributed by atoms with Crippen LogP contribution in [0.15, 0.2) is 63.3 Å². The van der Waals surface area contributed by atoms with E-state index in [1.165, 1.54) is 16.4 Å². The maximum absolute atomic E-state index is 12.9. The van der Waals surface area contributed by atoms with E-state index in [1.807, 2.05) is 36.4 Å². The predicted octanol–water partition coefficient (Wildman–Crippen LogP) is 4.90. The number of benzene rings is 1. The lowest BCUT2D eigenvalue weighted by molar-refractivity contribution is -0.155. The molecule has 10 heteroatoms. The average Bonchev–Trinajstić information content (AvgIpc) is 3.38. The highest BCUT2D eigenvalue weighted by atomic mass is 32.2. The number of hydrogen-bond donors (Lipinski definition) is 0. The van der Waals surface area contributed by atoms with Crippen molar-refractivity contribution in [1.29, 1.82) is 0 Å². The molecule has 0 saturated carbocycles. The Morgan fingerprint density at radius 1 is 1.10 bits per heavy atom. The largest absolute Gasteiger partial charge is 0.452 e. The predicted molar refractivity (Wildman–Crippen MR) is 103 cm³/mol. The van der Waals surface area contributed by atoms with Crippen molar-refractivity contribution in [3.05, 3.63) is 65.9 Å². The molecule has 152 valence electrons. The zero-order chi connectivity index (χ0) is 20.6. The molecular weight excluding hydrogens is 425 g/mol. The molecule has 2 aromatic heterocycles. The van der Waals surface area contributed by atoms with Gasteiger partial charge < -0.3 is 4.52 Å². The molecule has 0 radical (unpaired) electrons. The van der Waals surface area contributed by atoms with Crippen LogP contribution in [0.25, 0.3) is 16.1 Å². The molecule has 1 aliphatic rings. The van der Waals surface area contributed by atoms with Crippen LogP contribution in [-0.2, 0) is 16.2 Å². The van der Waals surface area contributed by atoms with E-state index in [0.29, 0.717) is 17.8 Å². The summed E-state index contributed by atoms with van der Waals surface area (Å²) in [7, 11) is -3.75. The molecule has 4 rings (SSSR count). The molecule has 0 N–H and O–H groups in total. The van der Waals surface area contributed by atoms with Crippen LogP contribution in [0.2, 0.25) is 0 Å². The molecule has 0 saturated heterocycles. The number of hydrogen-bond acceptors (Lipinski definition) is 5. The summed E-state index contributed by atoms with van der Waals surface area (Å²) in [5, 5.41) is 3.40. The third-order valence-electron chi connectivity index (χ3n) is 4.53. The first-order valence-electron chi connectivity index (χ1n) is 8.64. The molecule has 0 bridgehead atoms. The van der Waals surface area contributed by atoms with Crippen molar-refractivity contribution in [2.45, 2.75) is 16.8 Å². The van der Waals surface area contributed by atoms with Gasteiger partial charge in [-0.1, -0.05) is 41.6 Å². The molecule has 0 atom stereocenters. The zero-order valence-electron chi connectivity index (χ0n) is 14.9. The van der Waals surface area contributed by atoms with E-state index in [2.05, 4.69) is 9.68 Å². The number of rotatable bonds is 4. The fourth-order valence-electron chi connectivity index (χ4n) is 3.03. The number of thiophene rings is 1. The summed E-state index contributed by atoms with van der Waals surface area (Å²) >= 11 is 0.868. The summed E-state index contributed by atoms with van der Waals surface area (Å²) in [6.45, 7) is 0.570. The Labute approximate surface area is 169 Å². The van der Waals surface area contributed by atoms with Crippen LogP contribution in [0.1, 0.15) is 17.7 Å². The molecule has 0 spiro atoms. The van der Waals surface area contributed by atoms with E-state index in [9.17, 15) is 21.6 Å². The summed E-state index contributed by atoms with van der Waals surface area (Å²) in [4.78, 5) is 0.292. The summed E-state index contributed by atoms with van der Waals surface area (Å²) in [5.74, 6) is -1.22. The van der Waals surface area contributed by atoms with Crippen molar-refractivity contribution in [1.82, 2.24) is 9.46 Å². The monoisotopic (exact) mass is 440 g/mol. The first-order chi connectivity index (χ1) is 13.7. The summed E-state index contributed by atoms with van der Waals surface area (Å²) in [5.41, 5.74) is 2.11. The second-order valence-corrected chi connectivity index (χ2v) is 9.65. The Bertz CT molecular complexity index is 1150. The molecule has 0 fully saturated rings. The third kappa shape index (κ3) is 4.00. The molecule has 29 heavy (non-hydrogen) atoms. The third-order valence-corrected chi connectivity index (χ3v) is 7.97. The van der Waals surface area contributed by atoms with E-state index in [-0.39, 0.29) is 16.4 Å². The fourth-order valence-corrected chi connectivity index (χ4v) is 5.83. The van der Waals surface area contributed by atoms with Gasteiger partial charge in [-0.05, 0) is 29.7 Å². The molecule has 1 aliphatic heterocycles. The van der Waals surface area contributed by atoms with E-state index >= 15 is 0 Å². The Morgan fingerprint density at radius 3 is 2.48 bits per heavy atom. The van der Waals surface area contributed by atoms with E-state index in [4.69, 9.17) is 0 Å². The minimum atomic E-state index is -4.64. The SMILES string of the molecule is O=S(=O)(c1ccc(-c2cc(C(F)(F)F)on2)s1)N1CC=C(c2ccccc2)CC1. The lowest BCUT2D eigenvalue weighted by Crippen LogP contribution is -2.34.